The Bertz CT molecular complexity index is 1500. The number of alkyl halides is 2. The van der Waals surface area contributed by atoms with E-state index in [0.717, 1.165) is 0 Å². The minimum absolute atomic E-state index is 0.0362. The third-order valence-corrected chi connectivity index (χ3v) is 6.15. The van der Waals surface area contributed by atoms with E-state index in [1.54, 1.807) is 65.2 Å². The van der Waals surface area contributed by atoms with Crippen molar-refractivity contribution in [2.75, 3.05) is 11.4 Å². The number of amides is 1. The van der Waals surface area contributed by atoms with Gasteiger partial charge in [0.15, 0.2) is 0 Å². The van der Waals surface area contributed by atoms with Crippen molar-refractivity contribution in [3.8, 4) is 17.6 Å². The largest absolute Gasteiger partial charge is 0.486 e. The number of aliphatic hydroxyl groups excluding tert-OH is 1. The number of fused-ring (bicyclic) bond motifs is 1. The first-order valence-corrected chi connectivity index (χ1v) is 11.6. The smallest absolute Gasteiger partial charge is 0.387 e. The lowest BCUT2D eigenvalue weighted by atomic mass is 10.2. The Morgan fingerprint density at radius 3 is 2.73 bits per heavy atom. The van der Waals surface area contributed by atoms with Gasteiger partial charge in [0.05, 0.1) is 29.2 Å². The molecule has 5 rings (SSSR count). The van der Waals surface area contributed by atoms with Crippen molar-refractivity contribution < 1.29 is 28.2 Å². The third kappa shape index (κ3) is 5.08. The molecule has 0 saturated carbocycles. The molecule has 1 fully saturated rings. The molecular formula is C27H22F2N4O4. The van der Waals surface area contributed by atoms with Crippen LogP contribution in [0.2, 0.25) is 0 Å². The number of para-hydroxylation sites is 1. The van der Waals surface area contributed by atoms with Crippen molar-refractivity contribution in [1.82, 2.24) is 9.55 Å². The highest BCUT2D eigenvalue weighted by atomic mass is 19.3. The second-order valence-corrected chi connectivity index (χ2v) is 8.50. The highest BCUT2D eigenvalue weighted by molar-refractivity contribution is 5.98. The Hall–Kier alpha value is -4.49. The molecule has 0 spiro atoms. The Balaban J connectivity index is 1.46. The molecule has 1 amide bonds. The van der Waals surface area contributed by atoms with E-state index >= 15 is 0 Å². The summed E-state index contributed by atoms with van der Waals surface area (Å²) in [6, 6.07) is 20.6. The molecule has 1 aromatic heterocycles. The van der Waals surface area contributed by atoms with Gasteiger partial charge < -0.3 is 24.0 Å². The van der Waals surface area contributed by atoms with Gasteiger partial charge in [0.2, 0.25) is 0 Å². The number of carbonyl (C=O) groups excluding carboxylic acids is 1. The van der Waals surface area contributed by atoms with Crippen LogP contribution in [0.4, 0.5) is 14.5 Å². The monoisotopic (exact) mass is 504 g/mol. The molecule has 188 valence electrons. The maximum absolute atomic E-state index is 13.0. The highest BCUT2D eigenvalue weighted by Gasteiger charge is 2.30. The number of anilines is 1. The molecule has 0 radical (unpaired) electrons. The Labute approximate surface area is 210 Å². The van der Waals surface area contributed by atoms with Crippen LogP contribution in [0, 0.1) is 11.3 Å². The molecule has 4 aromatic rings. The van der Waals surface area contributed by atoms with Gasteiger partial charge in [0.1, 0.15) is 30.0 Å². The molecule has 1 atom stereocenters. The van der Waals surface area contributed by atoms with Crippen LogP contribution in [0.15, 0.2) is 66.7 Å². The summed E-state index contributed by atoms with van der Waals surface area (Å²) in [7, 11) is 0. The van der Waals surface area contributed by atoms with Crippen molar-refractivity contribution in [3.63, 3.8) is 0 Å². The first-order valence-electron chi connectivity index (χ1n) is 11.6. The number of ether oxygens (including phenoxy) is 2. The number of nitrogens with zero attached hydrogens (tertiary/aromatic N) is 4. The zero-order chi connectivity index (χ0) is 25.9. The number of rotatable bonds is 8. The van der Waals surface area contributed by atoms with E-state index < -0.39 is 12.7 Å². The van der Waals surface area contributed by atoms with E-state index in [2.05, 4.69) is 11.1 Å². The van der Waals surface area contributed by atoms with E-state index in [4.69, 9.17) is 9.47 Å². The summed E-state index contributed by atoms with van der Waals surface area (Å²) in [4.78, 5) is 18.4. The van der Waals surface area contributed by atoms with E-state index in [1.165, 1.54) is 11.0 Å². The first-order chi connectivity index (χ1) is 17.9. The van der Waals surface area contributed by atoms with E-state index in [-0.39, 0.29) is 24.8 Å². The zero-order valence-corrected chi connectivity index (χ0v) is 19.6. The molecule has 1 N–H and O–H groups in total. The molecule has 1 aliphatic rings. The third-order valence-electron chi connectivity index (χ3n) is 6.15. The van der Waals surface area contributed by atoms with Gasteiger partial charge >= 0.3 is 6.61 Å². The van der Waals surface area contributed by atoms with Gasteiger partial charge in [-0.1, -0.05) is 24.3 Å². The molecule has 1 saturated heterocycles. The van der Waals surface area contributed by atoms with Crippen LogP contribution in [-0.2, 0) is 17.9 Å². The number of aromatic nitrogens is 2. The van der Waals surface area contributed by atoms with E-state index in [9.17, 15) is 23.9 Å². The topological polar surface area (TPSA) is 101 Å². The zero-order valence-electron chi connectivity index (χ0n) is 19.6. The van der Waals surface area contributed by atoms with Crippen LogP contribution in [0.1, 0.15) is 23.4 Å². The van der Waals surface area contributed by atoms with Crippen LogP contribution in [0.25, 0.3) is 11.0 Å². The second kappa shape index (κ2) is 10.2. The fraction of sp³-hybridized carbons (Fsp3) is 0.222. The van der Waals surface area contributed by atoms with Crippen molar-refractivity contribution in [1.29, 1.82) is 5.26 Å². The van der Waals surface area contributed by atoms with Crippen molar-refractivity contribution in [2.45, 2.75) is 32.3 Å². The highest BCUT2D eigenvalue weighted by Crippen LogP contribution is 2.28. The number of halogens is 2. The number of hydrogen-bond donors (Lipinski definition) is 1. The summed E-state index contributed by atoms with van der Waals surface area (Å²) in [5.41, 5.74) is 2.83. The summed E-state index contributed by atoms with van der Waals surface area (Å²) < 4.78 is 38.5. The lowest BCUT2D eigenvalue weighted by molar-refractivity contribution is -0.124. The van der Waals surface area contributed by atoms with Crippen LogP contribution in [0.5, 0.6) is 11.5 Å². The molecule has 2 heterocycles. The summed E-state index contributed by atoms with van der Waals surface area (Å²) in [6.45, 7) is -2.35. The molecule has 10 heteroatoms. The molecule has 3 aromatic carbocycles. The fourth-order valence-electron chi connectivity index (χ4n) is 4.35. The van der Waals surface area contributed by atoms with Crippen molar-refractivity contribution in [2.24, 2.45) is 0 Å². The maximum atomic E-state index is 13.0. The van der Waals surface area contributed by atoms with E-state index in [1.807, 2.05) is 0 Å². The van der Waals surface area contributed by atoms with Crippen molar-refractivity contribution in [3.05, 3.63) is 83.7 Å². The number of benzene rings is 3. The number of imidazole rings is 1. The van der Waals surface area contributed by atoms with Gasteiger partial charge in [-0.05, 0) is 36.4 Å². The number of hydrogen-bond acceptors (Lipinski definition) is 6. The summed E-state index contributed by atoms with van der Waals surface area (Å²) in [6.07, 6.45) is -0.630. The molecule has 1 aliphatic heterocycles. The lowest BCUT2D eigenvalue weighted by Gasteiger charge is -2.17. The van der Waals surface area contributed by atoms with E-state index in [0.29, 0.717) is 52.4 Å². The van der Waals surface area contributed by atoms with Gasteiger partial charge in [-0.3, -0.25) is 4.79 Å². The molecule has 0 unspecified atom stereocenters. The Kier molecular flexibility index (Phi) is 6.70. The minimum atomic E-state index is -2.97. The SMILES string of the molecule is N#Cc1ccc2nc(COc3cccc(N4CC[C@H](O)C4=O)c3)n(Cc3ccccc3OC(F)F)c2c1. The summed E-state index contributed by atoms with van der Waals surface area (Å²) in [5, 5.41) is 19.2. The lowest BCUT2D eigenvalue weighted by Crippen LogP contribution is -2.28. The van der Waals surface area contributed by atoms with Gasteiger partial charge in [0.25, 0.3) is 5.91 Å². The van der Waals surface area contributed by atoms with Gasteiger partial charge in [-0.2, -0.15) is 14.0 Å². The predicted molar refractivity (Wildman–Crippen MR) is 130 cm³/mol. The quantitative estimate of drug-likeness (QED) is 0.385. The number of aliphatic hydroxyl groups is 1. The predicted octanol–water partition coefficient (Wildman–Crippen LogP) is 4.23. The molecular weight excluding hydrogens is 482 g/mol. The van der Waals surface area contributed by atoms with Gasteiger partial charge in [0, 0.05) is 30.3 Å². The summed E-state index contributed by atoms with van der Waals surface area (Å²) in [5.74, 6) is 0.698. The fourth-order valence-corrected chi connectivity index (χ4v) is 4.35. The Morgan fingerprint density at radius 1 is 1.14 bits per heavy atom. The van der Waals surface area contributed by atoms with Crippen LogP contribution in [-0.4, -0.2) is 39.8 Å². The molecule has 37 heavy (non-hydrogen) atoms. The van der Waals surface area contributed by atoms with Gasteiger partial charge in [-0.25, -0.2) is 4.98 Å². The number of nitriles is 1. The van der Waals surface area contributed by atoms with Crippen molar-refractivity contribution >= 4 is 22.6 Å². The molecule has 0 aliphatic carbocycles. The number of carbonyl (C=O) groups is 1. The van der Waals surface area contributed by atoms with Crippen LogP contribution >= 0.6 is 0 Å². The van der Waals surface area contributed by atoms with Gasteiger partial charge in [-0.15, -0.1) is 0 Å². The molecule has 8 nitrogen and oxygen atoms in total. The summed E-state index contributed by atoms with van der Waals surface area (Å²) >= 11 is 0. The Morgan fingerprint density at radius 2 is 1.97 bits per heavy atom. The average Bonchev–Trinajstić information content (AvgIpc) is 3.42. The average molecular weight is 504 g/mol. The standard InChI is InChI=1S/C27H22F2N4O4/c28-27(29)37-24-7-2-1-4-18(24)15-33-22-12-17(14-30)8-9-21(22)31-25(33)16-36-20-6-3-5-19(13-20)32-11-10-23(34)26(32)35/h1-9,12-13,23,27,34H,10-11,15-16H2/t23-/m0/s1. The first kappa shape index (κ1) is 24.2. The normalized spacial score (nSPS) is 15.4. The van der Waals surface area contributed by atoms with Crippen LogP contribution < -0.4 is 14.4 Å². The minimum Gasteiger partial charge on any atom is -0.486 e. The second-order valence-electron chi connectivity index (χ2n) is 8.50. The van der Waals surface area contributed by atoms with Crippen LogP contribution in [0.3, 0.4) is 0 Å². The molecule has 0 bridgehead atoms. The maximum Gasteiger partial charge on any atom is 0.387 e.